The van der Waals surface area contributed by atoms with Crippen LogP contribution in [-0.4, -0.2) is 47.7 Å². The van der Waals surface area contributed by atoms with Gasteiger partial charge in [-0.05, 0) is 0 Å². The van der Waals surface area contributed by atoms with Crippen LogP contribution in [0.25, 0.3) is 0 Å². The molecule has 0 atom stereocenters. The van der Waals surface area contributed by atoms with Gasteiger partial charge in [-0.25, -0.2) is 0 Å². The van der Waals surface area contributed by atoms with Crippen molar-refractivity contribution in [2.45, 2.75) is 25.7 Å². The van der Waals surface area contributed by atoms with E-state index in [4.69, 9.17) is 5.26 Å². The van der Waals surface area contributed by atoms with Gasteiger partial charge in [0.25, 0.3) is 0 Å². The molecule has 0 unspecified atom stereocenters. The Kier molecular flexibility index (Phi) is 4.64. The fourth-order valence-electron chi connectivity index (χ4n) is 1.61. The Hall–Kier alpha value is -1.90. The maximum atomic E-state index is 11.6. The van der Waals surface area contributed by atoms with Gasteiger partial charge in [-0.15, -0.1) is 0 Å². The van der Waals surface area contributed by atoms with Gasteiger partial charge in [0.15, 0.2) is 0 Å². The van der Waals surface area contributed by atoms with Crippen LogP contribution in [0.2, 0.25) is 0 Å². The van der Waals surface area contributed by atoms with Gasteiger partial charge in [0.1, 0.15) is 0 Å². The summed E-state index contributed by atoms with van der Waals surface area (Å²) in [4.78, 5) is 36.7. The molecule has 0 spiro atoms. The molecule has 1 heterocycles. The molecule has 0 aromatic heterocycles. The lowest BCUT2D eigenvalue weighted by Gasteiger charge is -2.18. The van der Waals surface area contributed by atoms with E-state index in [-0.39, 0.29) is 49.9 Å². The first kappa shape index (κ1) is 13.2. The number of amides is 3. The Balaban J connectivity index is 2.35. The summed E-state index contributed by atoms with van der Waals surface area (Å²) in [6.45, 7) is 0.518. The molecule has 1 aliphatic heterocycles. The van der Waals surface area contributed by atoms with Crippen molar-refractivity contribution in [1.82, 2.24) is 9.80 Å². The van der Waals surface area contributed by atoms with Crippen LogP contribution in [0.5, 0.6) is 0 Å². The minimum absolute atomic E-state index is 0.124. The summed E-state index contributed by atoms with van der Waals surface area (Å²) in [6, 6.07) is 1.95. The summed E-state index contributed by atoms with van der Waals surface area (Å²) in [5.41, 5.74) is 0. The van der Waals surface area contributed by atoms with E-state index in [0.29, 0.717) is 6.54 Å². The van der Waals surface area contributed by atoms with Gasteiger partial charge in [-0.3, -0.25) is 19.3 Å². The number of carbonyl (C=O) groups excluding carboxylic acids is 3. The monoisotopic (exact) mass is 237 g/mol. The molecule has 6 heteroatoms. The molecular formula is C11H15N3O3. The van der Waals surface area contributed by atoms with E-state index in [1.807, 2.05) is 6.07 Å². The fraction of sp³-hybridized carbons (Fsp3) is 0.636. The van der Waals surface area contributed by atoms with Crippen molar-refractivity contribution in [1.29, 1.82) is 5.26 Å². The highest BCUT2D eigenvalue weighted by Gasteiger charge is 2.29. The van der Waals surface area contributed by atoms with Crippen molar-refractivity contribution >= 4 is 17.7 Å². The Morgan fingerprint density at radius 3 is 2.53 bits per heavy atom. The van der Waals surface area contributed by atoms with E-state index in [1.165, 1.54) is 4.90 Å². The van der Waals surface area contributed by atoms with Crippen LogP contribution in [0.15, 0.2) is 0 Å². The number of rotatable bonds is 5. The zero-order chi connectivity index (χ0) is 12.8. The number of imide groups is 1. The first-order valence-corrected chi connectivity index (χ1v) is 5.50. The molecule has 1 rings (SSSR count). The summed E-state index contributed by atoms with van der Waals surface area (Å²) < 4.78 is 0. The molecule has 3 amide bonds. The van der Waals surface area contributed by atoms with Crippen LogP contribution in [0.3, 0.4) is 0 Å². The Labute approximate surface area is 99.8 Å². The van der Waals surface area contributed by atoms with Crippen molar-refractivity contribution < 1.29 is 14.4 Å². The number of carbonyl (C=O) groups is 3. The maximum Gasteiger partial charge on any atom is 0.229 e. The van der Waals surface area contributed by atoms with Crippen molar-refractivity contribution in [3.63, 3.8) is 0 Å². The molecule has 0 saturated carbocycles. The average Bonchev–Trinajstić information content (AvgIpc) is 2.63. The van der Waals surface area contributed by atoms with Crippen LogP contribution in [-0.2, 0) is 14.4 Å². The van der Waals surface area contributed by atoms with Crippen molar-refractivity contribution in [2.24, 2.45) is 0 Å². The number of hydrogen-bond acceptors (Lipinski definition) is 4. The van der Waals surface area contributed by atoms with Gasteiger partial charge >= 0.3 is 0 Å². The molecule has 92 valence electrons. The second-order valence-electron chi connectivity index (χ2n) is 3.91. The SMILES string of the molecule is CN(CCC#N)C(=O)CCN1C(=O)CCC1=O. The van der Waals surface area contributed by atoms with Crippen molar-refractivity contribution in [2.75, 3.05) is 20.1 Å². The molecule has 1 fully saturated rings. The highest BCUT2D eigenvalue weighted by atomic mass is 16.2. The van der Waals surface area contributed by atoms with Gasteiger partial charge in [-0.2, -0.15) is 5.26 Å². The largest absolute Gasteiger partial charge is 0.345 e. The highest BCUT2D eigenvalue weighted by Crippen LogP contribution is 2.12. The third-order valence-corrected chi connectivity index (χ3v) is 2.69. The third-order valence-electron chi connectivity index (χ3n) is 2.69. The fourth-order valence-corrected chi connectivity index (χ4v) is 1.61. The summed E-state index contributed by atoms with van der Waals surface area (Å²) in [6.07, 6.45) is 0.901. The van der Waals surface area contributed by atoms with Gasteiger partial charge < -0.3 is 4.90 Å². The van der Waals surface area contributed by atoms with E-state index in [2.05, 4.69) is 0 Å². The van der Waals surface area contributed by atoms with Gasteiger partial charge in [0, 0.05) is 39.4 Å². The van der Waals surface area contributed by atoms with Crippen LogP contribution < -0.4 is 0 Å². The lowest BCUT2D eigenvalue weighted by atomic mass is 10.3. The van der Waals surface area contributed by atoms with Crippen molar-refractivity contribution in [3.05, 3.63) is 0 Å². The van der Waals surface area contributed by atoms with Crippen LogP contribution >= 0.6 is 0 Å². The molecule has 0 aliphatic carbocycles. The molecule has 0 N–H and O–H groups in total. The quantitative estimate of drug-likeness (QED) is 0.625. The molecule has 0 aromatic rings. The average molecular weight is 237 g/mol. The number of likely N-dealkylation sites (tertiary alicyclic amines) is 1. The zero-order valence-corrected chi connectivity index (χ0v) is 9.81. The summed E-state index contributed by atoms with van der Waals surface area (Å²) >= 11 is 0. The van der Waals surface area contributed by atoms with Crippen LogP contribution in [0.4, 0.5) is 0 Å². The number of hydrogen-bond donors (Lipinski definition) is 0. The predicted molar refractivity (Wildman–Crippen MR) is 58.4 cm³/mol. The molecular weight excluding hydrogens is 222 g/mol. The van der Waals surface area contributed by atoms with E-state index in [9.17, 15) is 14.4 Å². The first-order chi connectivity index (χ1) is 8.06. The van der Waals surface area contributed by atoms with E-state index in [0.717, 1.165) is 4.90 Å². The van der Waals surface area contributed by atoms with Crippen molar-refractivity contribution in [3.8, 4) is 6.07 Å². The Morgan fingerprint density at radius 2 is 2.00 bits per heavy atom. The maximum absolute atomic E-state index is 11.6. The molecule has 0 radical (unpaired) electrons. The van der Waals surface area contributed by atoms with E-state index >= 15 is 0 Å². The zero-order valence-electron chi connectivity index (χ0n) is 9.81. The lowest BCUT2D eigenvalue weighted by Crippen LogP contribution is -2.35. The molecule has 1 aliphatic rings. The molecule has 1 saturated heterocycles. The smallest absolute Gasteiger partial charge is 0.229 e. The highest BCUT2D eigenvalue weighted by molar-refractivity contribution is 6.02. The lowest BCUT2D eigenvalue weighted by molar-refractivity contribution is -0.139. The summed E-state index contributed by atoms with van der Waals surface area (Å²) in [5, 5.41) is 8.38. The molecule has 17 heavy (non-hydrogen) atoms. The molecule has 6 nitrogen and oxygen atoms in total. The second-order valence-corrected chi connectivity index (χ2v) is 3.91. The third kappa shape index (κ3) is 3.55. The van der Waals surface area contributed by atoms with Gasteiger partial charge in [0.05, 0.1) is 12.5 Å². The first-order valence-electron chi connectivity index (χ1n) is 5.50. The summed E-state index contributed by atoms with van der Waals surface area (Å²) in [7, 11) is 1.60. The minimum atomic E-state index is -0.206. The standard InChI is InChI=1S/C11H15N3O3/c1-13(7-2-6-12)9(15)5-8-14-10(16)3-4-11(14)17/h2-5,7-8H2,1H3. The van der Waals surface area contributed by atoms with E-state index in [1.54, 1.807) is 7.05 Å². The number of nitrogens with zero attached hydrogens (tertiary/aromatic N) is 3. The number of nitriles is 1. The van der Waals surface area contributed by atoms with Gasteiger partial charge in [0.2, 0.25) is 17.7 Å². The Bertz CT molecular complexity index is 357. The Morgan fingerprint density at radius 1 is 1.41 bits per heavy atom. The second kappa shape index (κ2) is 5.99. The topological polar surface area (TPSA) is 81.5 Å². The summed E-state index contributed by atoms with van der Waals surface area (Å²) in [5.74, 6) is -0.572. The van der Waals surface area contributed by atoms with Gasteiger partial charge in [-0.1, -0.05) is 0 Å². The predicted octanol–water partition coefficient (Wildman–Crippen LogP) is -0.102. The van der Waals surface area contributed by atoms with E-state index < -0.39 is 0 Å². The molecule has 0 bridgehead atoms. The molecule has 0 aromatic carbocycles. The normalized spacial score (nSPS) is 14.9. The van der Waals surface area contributed by atoms with Crippen LogP contribution in [0.1, 0.15) is 25.7 Å². The minimum Gasteiger partial charge on any atom is -0.345 e. The van der Waals surface area contributed by atoms with Crippen LogP contribution in [0, 0.1) is 11.3 Å².